The number of halogens is 1. The van der Waals surface area contributed by atoms with Gasteiger partial charge in [0.15, 0.2) is 20.7 Å². The monoisotopic (exact) mass is 389 g/mol. The molecular weight excluding hydrogens is 374 g/mol. The third-order valence-electron chi connectivity index (χ3n) is 3.74. The van der Waals surface area contributed by atoms with Gasteiger partial charge in [-0.3, -0.25) is 5.10 Å². The summed E-state index contributed by atoms with van der Waals surface area (Å²) in [5.41, 5.74) is 3.44. The van der Waals surface area contributed by atoms with Gasteiger partial charge < -0.3 is 5.32 Å². The van der Waals surface area contributed by atoms with Gasteiger partial charge in [-0.2, -0.15) is 5.10 Å². The lowest BCUT2D eigenvalue weighted by Gasteiger charge is -2.13. The molecule has 0 bridgehead atoms. The van der Waals surface area contributed by atoms with Gasteiger partial charge in [0, 0.05) is 28.6 Å². The number of aromatic amines is 1. The zero-order chi connectivity index (χ0) is 19.1. The lowest BCUT2D eigenvalue weighted by Crippen LogP contribution is -2.10. The fourth-order valence-electron chi connectivity index (χ4n) is 2.50. The highest BCUT2D eigenvalue weighted by atomic mass is 35.5. The van der Waals surface area contributed by atoms with Gasteiger partial charge in [-0.15, -0.1) is 0 Å². The number of aliphatic imine (C=N–C) groups is 1. The molecule has 7 nitrogen and oxygen atoms in total. The van der Waals surface area contributed by atoms with Crippen LogP contribution in [0.1, 0.15) is 11.3 Å². The Morgan fingerprint density at radius 1 is 1.38 bits per heavy atom. The number of hydrogen-bond donors (Lipinski definition) is 2. The molecule has 3 heterocycles. The molecule has 134 valence electrons. The predicted octanol–water partition coefficient (Wildman–Crippen LogP) is 3.56. The Morgan fingerprint density at radius 2 is 2.12 bits per heavy atom. The molecule has 0 spiro atoms. The molecule has 0 aromatic carbocycles. The summed E-state index contributed by atoms with van der Waals surface area (Å²) in [5, 5.41) is 10.4. The minimum absolute atomic E-state index is 0.0576. The average Bonchev–Trinajstić information content (AvgIpc) is 2.81. The molecule has 2 aromatic heterocycles. The Kier molecular flexibility index (Phi) is 4.55. The molecule has 26 heavy (non-hydrogen) atoms. The van der Waals surface area contributed by atoms with Gasteiger partial charge >= 0.3 is 0 Å². The smallest absolute Gasteiger partial charge is 0.192 e. The summed E-state index contributed by atoms with van der Waals surface area (Å²) in [5.74, 6) is 0.475. The molecule has 0 unspecified atom stereocenters. The Morgan fingerprint density at radius 3 is 2.73 bits per heavy atom. The Hall–Kier alpha value is -2.71. The second kappa shape index (κ2) is 6.54. The second-order valence-electron chi connectivity index (χ2n) is 5.69. The van der Waals surface area contributed by atoms with Crippen molar-refractivity contribution in [2.45, 2.75) is 11.9 Å². The van der Waals surface area contributed by atoms with E-state index in [0.29, 0.717) is 34.0 Å². The van der Waals surface area contributed by atoms with E-state index in [4.69, 9.17) is 11.6 Å². The highest BCUT2D eigenvalue weighted by Gasteiger charge is 2.25. The van der Waals surface area contributed by atoms with Crippen molar-refractivity contribution in [2.24, 2.45) is 4.99 Å². The average molecular weight is 390 g/mol. The van der Waals surface area contributed by atoms with Crippen LogP contribution >= 0.6 is 11.6 Å². The van der Waals surface area contributed by atoms with Gasteiger partial charge in [0.1, 0.15) is 5.69 Å². The Labute approximate surface area is 156 Å². The minimum Gasteiger partial charge on any atom is -0.336 e. The van der Waals surface area contributed by atoms with E-state index in [0.717, 1.165) is 11.9 Å². The number of nitrogens with one attached hydrogen (secondary N) is 2. The zero-order valence-electron chi connectivity index (χ0n) is 14.2. The van der Waals surface area contributed by atoms with E-state index in [1.807, 2.05) is 6.92 Å². The molecule has 3 rings (SSSR count). The predicted molar refractivity (Wildman–Crippen MR) is 103 cm³/mol. The quantitative estimate of drug-likeness (QED) is 0.778. The molecule has 0 saturated heterocycles. The molecule has 0 radical (unpaired) electrons. The molecule has 0 saturated carbocycles. The first kappa shape index (κ1) is 18.1. The second-order valence-corrected chi connectivity index (χ2v) is 8.11. The van der Waals surface area contributed by atoms with Crippen molar-refractivity contribution >= 4 is 44.3 Å². The van der Waals surface area contributed by atoms with E-state index in [2.05, 4.69) is 38.6 Å². The molecule has 9 heteroatoms. The molecule has 0 amide bonds. The number of allylic oxidation sites excluding steroid dienone is 4. The highest BCUT2D eigenvalue weighted by Crippen LogP contribution is 2.37. The summed E-state index contributed by atoms with van der Waals surface area (Å²) < 4.78 is 23.8. The van der Waals surface area contributed by atoms with Gasteiger partial charge in [0.05, 0.1) is 17.1 Å². The van der Waals surface area contributed by atoms with E-state index in [1.54, 1.807) is 12.2 Å². The SMILES string of the molecule is C=C/C=C(\C(=C)Cl)C1=Nc2c(n[nH]c2C)Nc2cc(S(C)(=O)=O)ncc21. The summed E-state index contributed by atoms with van der Waals surface area (Å²) in [6, 6.07) is 1.45. The molecular formula is C17H16ClN5O2S. The lowest BCUT2D eigenvalue weighted by molar-refractivity contribution is 0.598. The van der Waals surface area contributed by atoms with Crippen LogP contribution in [0, 0.1) is 6.92 Å². The first-order valence-corrected chi connectivity index (χ1v) is 9.78. The maximum absolute atomic E-state index is 11.9. The van der Waals surface area contributed by atoms with Crippen molar-refractivity contribution in [1.82, 2.24) is 15.2 Å². The van der Waals surface area contributed by atoms with Crippen LogP contribution in [-0.4, -0.2) is 35.6 Å². The molecule has 0 atom stereocenters. The fourth-order valence-corrected chi connectivity index (χ4v) is 3.23. The van der Waals surface area contributed by atoms with Crippen molar-refractivity contribution < 1.29 is 8.42 Å². The van der Waals surface area contributed by atoms with E-state index < -0.39 is 9.84 Å². The number of pyridine rings is 1. The van der Waals surface area contributed by atoms with E-state index in [1.165, 1.54) is 12.3 Å². The maximum atomic E-state index is 11.9. The van der Waals surface area contributed by atoms with Crippen LogP contribution in [0.25, 0.3) is 0 Å². The number of fused-ring (bicyclic) bond motifs is 2. The topological polar surface area (TPSA) is 100 Å². The Bertz CT molecular complexity index is 1100. The molecule has 0 aliphatic carbocycles. The van der Waals surface area contributed by atoms with Crippen LogP contribution in [0.3, 0.4) is 0 Å². The molecule has 1 aliphatic rings. The molecule has 2 aromatic rings. The fraction of sp³-hybridized carbons (Fsp3) is 0.118. The first-order valence-electron chi connectivity index (χ1n) is 7.51. The number of hydrogen-bond acceptors (Lipinski definition) is 6. The van der Waals surface area contributed by atoms with Gasteiger partial charge in [0.25, 0.3) is 0 Å². The van der Waals surface area contributed by atoms with Crippen molar-refractivity contribution in [2.75, 3.05) is 11.6 Å². The summed E-state index contributed by atoms with van der Waals surface area (Å²) in [7, 11) is -3.48. The normalized spacial score (nSPS) is 13.8. The maximum Gasteiger partial charge on any atom is 0.192 e. The van der Waals surface area contributed by atoms with Gasteiger partial charge in [-0.05, 0) is 13.0 Å². The van der Waals surface area contributed by atoms with Crippen LogP contribution in [-0.2, 0) is 9.84 Å². The zero-order valence-corrected chi connectivity index (χ0v) is 15.7. The summed E-state index contributed by atoms with van der Waals surface area (Å²) in [4.78, 5) is 8.75. The molecule has 1 aliphatic heterocycles. The van der Waals surface area contributed by atoms with Crippen molar-refractivity contribution in [1.29, 1.82) is 0 Å². The largest absolute Gasteiger partial charge is 0.336 e. The lowest BCUT2D eigenvalue weighted by atomic mass is 10.0. The Balaban J connectivity index is 2.34. The summed E-state index contributed by atoms with van der Waals surface area (Å²) in [6.45, 7) is 9.31. The van der Waals surface area contributed by atoms with Crippen LogP contribution in [0.2, 0.25) is 0 Å². The summed E-state index contributed by atoms with van der Waals surface area (Å²) >= 11 is 6.17. The third-order valence-corrected chi connectivity index (χ3v) is 4.92. The van der Waals surface area contributed by atoms with Crippen LogP contribution in [0.15, 0.2) is 58.2 Å². The van der Waals surface area contributed by atoms with E-state index >= 15 is 0 Å². The standard InChI is InChI=1S/C17H16ClN5O2S/c1-5-6-11(9(2)18)16-12-8-19-14(26(4,24)25)7-13(12)20-17-15(21-16)10(3)22-23-17/h5-8H,1-2H2,3-4H3,(H2,20,22,23)/b11-6+. The number of H-pyrrole nitrogens is 1. The number of aryl methyl sites for hydroxylation is 1. The number of sulfone groups is 1. The molecule has 0 fully saturated rings. The highest BCUT2D eigenvalue weighted by molar-refractivity contribution is 7.90. The number of nitrogens with zero attached hydrogens (tertiary/aromatic N) is 3. The van der Waals surface area contributed by atoms with Crippen molar-refractivity contribution in [3.63, 3.8) is 0 Å². The summed E-state index contributed by atoms with van der Waals surface area (Å²) in [6.07, 6.45) is 5.80. The van der Waals surface area contributed by atoms with Crippen LogP contribution in [0.4, 0.5) is 17.2 Å². The van der Waals surface area contributed by atoms with Crippen molar-refractivity contribution in [3.8, 4) is 0 Å². The van der Waals surface area contributed by atoms with E-state index in [9.17, 15) is 8.42 Å². The first-order chi connectivity index (χ1) is 12.2. The van der Waals surface area contributed by atoms with Crippen LogP contribution in [0.5, 0.6) is 0 Å². The van der Waals surface area contributed by atoms with Crippen molar-refractivity contribution in [3.05, 3.63) is 59.4 Å². The van der Waals surface area contributed by atoms with Gasteiger partial charge in [-0.1, -0.05) is 36.9 Å². The number of anilines is 2. The number of aromatic nitrogens is 3. The number of rotatable bonds is 4. The van der Waals surface area contributed by atoms with Gasteiger partial charge in [-0.25, -0.2) is 18.4 Å². The van der Waals surface area contributed by atoms with Crippen LogP contribution < -0.4 is 5.32 Å². The van der Waals surface area contributed by atoms with Gasteiger partial charge in [0.2, 0.25) is 0 Å². The third kappa shape index (κ3) is 3.21. The molecule has 2 N–H and O–H groups in total. The minimum atomic E-state index is -3.48. The van der Waals surface area contributed by atoms with E-state index in [-0.39, 0.29) is 10.1 Å².